The van der Waals surface area contributed by atoms with Gasteiger partial charge in [0.1, 0.15) is 5.75 Å². The molecule has 0 aromatic carbocycles. The zero-order valence-electron chi connectivity index (χ0n) is 11.3. The second kappa shape index (κ2) is 6.42. The topological polar surface area (TPSA) is 22.1 Å². The maximum atomic E-state index is 6.08. The number of halogens is 1. The van der Waals surface area contributed by atoms with Gasteiger partial charge in [-0.1, -0.05) is 13.3 Å². The molecule has 3 heteroatoms. The molecule has 1 saturated carbocycles. The molecule has 0 spiro atoms. The van der Waals surface area contributed by atoms with Gasteiger partial charge in [-0.2, -0.15) is 0 Å². The van der Waals surface area contributed by atoms with Crippen molar-refractivity contribution < 1.29 is 4.74 Å². The zero-order chi connectivity index (χ0) is 13.0. The van der Waals surface area contributed by atoms with Crippen molar-refractivity contribution in [2.75, 3.05) is 0 Å². The molecule has 0 bridgehead atoms. The second-order valence-electron chi connectivity index (χ2n) is 5.20. The van der Waals surface area contributed by atoms with E-state index >= 15 is 0 Å². The Balaban J connectivity index is 1.97. The Morgan fingerprint density at radius 3 is 2.61 bits per heavy atom. The van der Waals surface area contributed by atoms with E-state index in [1.165, 1.54) is 19.3 Å². The van der Waals surface area contributed by atoms with E-state index in [9.17, 15) is 0 Å². The minimum absolute atomic E-state index is 0.347. The number of alkyl halides is 1. The lowest BCUT2D eigenvalue weighted by molar-refractivity contribution is 0.128. The average molecular weight is 268 g/mol. The van der Waals surface area contributed by atoms with E-state index in [4.69, 9.17) is 16.3 Å². The van der Waals surface area contributed by atoms with Gasteiger partial charge in [0, 0.05) is 5.69 Å². The van der Waals surface area contributed by atoms with Crippen LogP contribution >= 0.6 is 11.6 Å². The standard InChI is InChI=1S/C15H22ClNO/c1-3-12-5-7-13(8-6-12)18-15-9-4-11(2)17-14(15)10-16/h4,9,12-13H,3,5-8,10H2,1-2H3. The first kappa shape index (κ1) is 13.7. The lowest BCUT2D eigenvalue weighted by Gasteiger charge is -2.28. The molecule has 100 valence electrons. The molecule has 1 aliphatic carbocycles. The first-order valence-electron chi connectivity index (χ1n) is 6.92. The Morgan fingerprint density at radius 1 is 1.28 bits per heavy atom. The van der Waals surface area contributed by atoms with Crippen LogP contribution < -0.4 is 4.74 Å². The predicted molar refractivity (Wildman–Crippen MR) is 75.2 cm³/mol. The summed E-state index contributed by atoms with van der Waals surface area (Å²) < 4.78 is 6.08. The fraction of sp³-hybridized carbons (Fsp3) is 0.667. The highest BCUT2D eigenvalue weighted by molar-refractivity contribution is 6.17. The Hall–Kier alpha value is -0.760. The van der Waals surface area contributed by atoms with Crippen LogP contribution in [0.15, 0.2) is 12.1 Å². The summed E-state index contributed by atoms with van der Waals surface area (Å²) >= 11 is 5.92. The Morgan fingerprint density at radius 2 is 2.00 bits per heavy atom. The number of aromatic nitrogens is 1. The van der Waals surface area contributed by atoms with Crippen LogP contribution in [0.5, 0.6) is 5.75 Å². The summed E-state index contributed by atoms with van der Waals surface area (Å²) in [5.74, 6) is 2.19. The van der Waals surface area contributed by atoms with E-state index < -0.39 is 0 Å². The predicted octanol–water partition coefficient (Wildman–Crippen LogP) is 4.48. The third-order valence-corrected chi connectivity index (χ3v) is 4.12. The molecule has 1 aliphatic rings. The van der Waals surface area contributed by atoms with E-state index in [-0.39, 0.29) is 0 Å². The van der Waals surface area contributed by atoms with Crippen LogP contribution in [0.4, 0.5) is 0 Å². The van der Waals surface area contributed by atoms with E-state index in [1.807, 2.05) is 19.1 Å². The normalized spacial score (nSPS) is 23.9. The maximum absolute atomic E-state index is 6.08. The minimum atomic E-state index is 0.347. The first-order valence-corrected chi connectivity index (χ1v) is 7.45. The number of pyridine rings is 1. The minimum Gasteiger partial charge on any atom is -0.488 e. The zero-order valence-corrected chi connectivity index (χ0v) is 12.0. The van der Waals surface area contributed by atoms with Crippen LogP contribution in [0.2, 0.25) is 0 Å². The first-order chi connectivity index (χ1) is 8.72. The van der Waals surface area contributed by atoms with Crippen LogP contribution in [0.3, 0.4) is 0 Å². The molecule has 0 atom stereocenters. The molecule has 1 heterocycles. The van der Waals surface area contributed by atoms with Crippen molar-refractivity contribution in [3.05, 3.63) is 23.5 Å². The summed E-state index contributed by atoms with van der Waals surface area (Å²) in [4.78, 5) is 4.43. The van der Waals surface area contributed by atoms with Gasteiger partial charge < -0.3 is 4.74 Å². The number of hydrogen-bond acceptors (Lipinski definition) is 2. The number of aryl methyl sites for hydroxylation is 1. The van der Waals surface area contributed by atoms with Gasteiger partial charge in [-0.25, -0.2) is 0 Å². The highest BCUT2D eigenvalue weighted by atomic mass is 35.5. The van der Waals surface area contributed by atoms with E-state index in [2.05, 4.69) is 11.9 Å². The molecule has 18 heavy (non-hydrogen) atoms. The summed E-state index contributed by atoms with van der Waals surface area (Å²) in [5.41, 5.74) is 1.86. The maximum Gasteiger partial charge on any atom is 0.142 e. The van der Waals surface area contributed by atoms with Gasteiger partial charge in [0.25, 0.3) is 0 Å². The number of ether oxygens (including phenoxy) is 1. The van der Waals surface area contributed by atoms with Gasteiger partial charge in [-0.3, -0.25) is 4.98 Å². The molecule has 0 saturated heterocycles. The molecule has 0 radical (unpaired) electrons. The number of hydrogen-bond donors (Lipinski definition) is 0. The van der Waals surface area contributed by atoms with Crippen molar-refractivity contribution in [1.29, 1.82) is 0 Å². The van der Waals surface area contributed by atoms with Crippen LogP contribution in [-0.2, 0) is 5.88 Å². The molecule has 1 fully saturated rings. The molecule has 0 amide bonds. The molecule has 0 aliphatic heterocycles. The van der Waals surface area contributed by atoms with Crippen LogP contribution in [0, 0.1) is 12.8 Å². The molecule has 2 nitrogen and oxygen atoms in total. The van der Waals surface area contributed by atoms with Gasteiger partial charge in [0.2, 0.25) is 0 Å². The van der Waals surface area contributed by atoms with E-state index in [1.54, 1.807) is 0 Å². The van der Waals surface area contributed by atoms with Crippen LogP contribution in [-0.4, -0.2) is 11.1 Å². The van der Waals surface area contributed by atoms with Gasteiger partial charge in [-0.05, 0) is 50.7 Å². The molecule has 2 rings (SSSR count). The highest BCUT2D eigenvalue weighted by Gasteiger charge is 2.22. The Bertz CT molecular complexity index is 386. The van der Waals surface area contributed by atoms with Crippen molar-refractivity contribution in [2.24, 2.45) is 5.92 Å². The van der Waals surface area contributed by atoms with Gasteiger partial charge in [0.05, 0.1) is 17.7 Å². The summed E-state index contributed by atoms with van der Waals surface area (Å²) in [5, 5.41) is 0. The van der Waals surface area contributed by atoms with E-state index in [0.29, 0.717) is 12.0 Å². The Labute approximate surface area is 115 Å². The third-order valence-electron chi connectivity index (χ3n) is 3.86. The second-order valence-corrected chi connectivity index (χ2v) is 5.47. The molecule has 0 N–H and O–H groups in total. The van der Waals surface area contributed by atoms with Crippen molar-refractivity contribution in [1.82, 2.24) is 4.98 Å². The fourth-order valence-electron chi connectivity index (χ4n) is 2.64. The highest BCUT2D eigenvalue weighted by Crippen LogP contribution is 2.30. The van der Waals surface area contributed by atoms with Crippen LogP contribution in [0.25, 0.3) is 0 Å². The smallest absolute Gasteiger partial charge is 0.142 e. The van der Waals surface area contributed by atoms with Crippen LogP contribution in [0.1, 0.15) is 50.4 Å². The van der Waals surface area contributed by atoms with Crippen molar-refractivity contribution in [3.63, 3.8) is 0 Å². The Kier molecular flexibility index (Phi) is 4.87. The third kappa shape index (κ3) is 3.38. The monoisotopic (exact) mass is 267 g/mol. The largest absolute Gasteiger partial charge is 0.488 e. The molecule has 1 aromatic rings. The summed E-state index contributed by atoms with van der Waals surface area (Å²) in [6.45, 7) is 4.26. The number of nitrogens with zero attached hydrogens (tertiary/aromatic N) is 1. The van der Waals surface area contributed by atoms with Crippen molar-refractivity contribution in [2.45, 2.75) is 57.9 Å². The quantitative estimate of drug-likeness (QED) is 0.751. The number of rotatable bonds is 4. The molecule has 0 unspecified atom stereocenters. The lowest BCUT2D eigenvalue weighted by atomic mass is 9.86. The summed E-state index contributed by atoms with van der Waals surface area (Å²) in [7, 11) is 0. The fourth-order valence-corrected chi connectivity index (χ4v) is 2.83. The average Bonchev–Trinajstić information content (AvgIpc) is 2.41. The molecular weight excluding hydrogens is 246 g/mol. The van der Waals surface area contributed by atoms with Crippen molar-refractivity contribution >= 4 is 11.6 Å². The molecular formula is C15H22ClNO. The SMILES string of the molecule is CCC1CCC(Oc2ccc(C)nc2CCl)CC1. The van der Waals surface area contributed by atoms with Gasteiger partial charge in [0.15, 0.2) is 0 Å². The van der Waals surface area contributed by atoms with Gasteiger partial charge in [-0.15, -0.1) is 11.6 Å². The molecule has 1 aromatic heterocycles. The van der Waals surface area contributed by atoms with E-state index in [0.717, 1.165) is 35.9 Å². The summed E-state index contributed by atoms with van der Waals surface area (Å²) in [6.07, 6.45) is 6.54. The lowest BCUT2D eigenvalue weighted by Crippen LogP contribution is -2.24. The summed E-state index contributed by atoms with van der Waals surface area (Å²) in [6, 6.07) is 4.00. The van der Waals surface area contributed by atoms with Crippen molar-refractivity contribution in [3.8, 4) is 5.75 Å². The van der Waals surface area contributed by atoms with Gasteiger partial charge >= 0.3 is 0 Å².